The summed E-state index contributed by atoms with van der Waals surface area (Å²) in [5, 5.41) is 0. The van der Waals surface area contributed by atoms with Gasteiger partial charge >= 0.3 is 0 Å². The van der Waals surface area contributed by atoms with Gasteiger partial charge in [0, 0.05) is 0 Å². The minimum absolute atomic E-state index is 0.819. The Morgan fingerprint density at radius 2 is 1.88 bits per heavy atom. The SMILES string of the molecule is CCCC(CCC)CC1=CCCC(CC)C=C1. The molecule has 0 radical (unpaired) electrons. The second-order valence-corrected chi connectivity index (χ2v) is 5.53. The van der Waals surface area contributed by atoms with Crippen LogP contribution in [0.25, 0.3) is 0 Å². The summed E-state index contributed by atoms with van der Waals surface area (Å²) in [5.41, 5.74) is 1.60. The molecular weight excluding hydrogens is 204 g/mol. The second-order valence-electron chi connectivity index (χ2n) is 5.53. The molecule has 0 heteroatoms. The first kappa shape index (κ1) is 14.5. The van der Waals surface area contributed by atoms with E-state index in [-0.39, 0.29) is 0 Å². The largest absolute Gasteiger partial charge is 0.0813 e. The van der Waals surface area contributed by atoms with Crippen LogP contribution in [0.2, 0.25) is 0 Å². The zero-order valence-corrected chi connectivity index (χ0v) is 12.0. The summed E-state index contributed by atoms with van der Waals surface area (Å²) in [5.74, 6) is 1.73. The lowest BCUT2D eigenvalue weighted by atomic mass is 9.90. The molecule has 1 atom stereocenters. The summed E-state index contributed by atoms with van der Waals surface area (Å²) < 4.78 is 0. The van der Waals surface area contributed by atoms with Crippen LogP contribution < -0.4 is 0 Å². The van der Waals surface area contributed by atoms with Crippen molar-refractivity contribution in [2.75, 3.05) is 0 Å². The van der Waals surface area contributed by atoms with Crippen molar-refractivity contribution in [1.82, 2.24) is 0 Å². The number of allylic oxidation sites excluding steroid dienone is 4. The van der Waals surface area contributed by atoms with E-state index < -0.39 is 0 Å². The van der Waals surface area contributed by atoms with Crippen LogP contribution in [0.4, 0.5) is 0 Å². The first-order valence-corrected chi connectivity index (χ1v) is 7.67. The number of hydrogen-bond acceptors (Lipinski definition) is 0. The summed E-state index contributed by atoms with van der Waals surface area (Å²) in [6, 6.07) is 0. The monoisotopic (exact) mass is 234 g/mol. The van der Waals surface area contributed by atoms with Crippen LogP contribution in [-0.2, 0) is 0 Å². The molecule has 0 fully saturated rings. The van der Waals surface area contributed by atoms with Crippen molar-refractivity contribution in [3.8, 4) is 0 Å². The number of rotatable bonds is 7. The van der Waals surface area contributed by atoms with E-state index in [2.05, 4.69) is 39.0 Å². The molecule has 0 saturated carbocycles. The van der Waals surface area contributed by atoms with Crippen molar-refractivity contribution in [2.24, 2.45) is 11.8 Å². The molecule has 0 saturated heterocycles. The first-order valence-electron chi connectivity index (χ1n) is 7.67. The number of hydrogen-bond donors (Lipinski definition) is 0. The quantitative estimate of drug-likeness (QED) is 0.515. The van der Waals surface area contributed by atoms with Gasteiger partial charge in [0.05, 0.1) is 0 Å². The van der Waals surface area contributed by atoms with E-state index >= 15 is 0 Å². The Morgan fingerprint density at radius 3 is 2.47 bits per heavy atom. The maximum Gasteiger partial charge on any atom is -0.0230 e. The summed E-state index contributed by atoms with van der Waals surface area (Å²) in [4.78, 5) is 0. The van der Waals surface area contributed by atoms with Gasteiger partial charge in [0.2, 0.25) is 0 Å². The zero-order valence-electron chi connectivity index (χ0n) is 12.0. The smallest absolute Gasteiger partial charge is 0.0230 e. The van der Waals surface area contributed by atoms with Crippen LogP contribution >= 0.6 is 0 Å². The topological polar surface area (TPSA) is 0 Å². The van der Waals surface area contributed by atoms with Gasteiger partial charge in [-0.15, -0.1) is 0 Å². The molecule has 17 heavy (non-hydrogen) atoms. The van der Waals surface area contributed by atoms with Gasteiger partial charge in [-0.05, 0) is 37.5 Å². The normalized spacial score (nSPS) is 20.5. The molecule has 0 nitrogen and oxygen atoms in total. The molecule has 0 spiro atoms. The van der Waals surface area contributed by atoms with Crippen LogP contribution in [0.15, 0.2) is 23.8 Å². The standard InChI is InChI=1S/C17H30/c1-4-8-16(9-5-2)14-17-11-7-10-15(6-3)12-13-17/h11-13,15-16H,4-10,14H2,1-3H3. The van der Waals surface area contributed by atoms with E-state index in [0.29, 0.717) is 0 Å². The molecule has 1 unspecified atom stereocenters. The van der Waals surface area contributed by atoms with E-state index in [1.807, 2.05) is 0 Å². The molecular formula is C17H30. The van der Waals surface area contributed by atoms with Gasteiger partial charge in [0.15, 0.2) is 0 Å². The maximum absolute atomic E-state index is 2.49. The Labute approximate surface area is 108 Å². The van der Waals surface area contributed by atoms with E-state index in [4.69, 9.17) is 0 Å². The molecule has 0 aromatic carbocycles. The highest BCUT2D eigenvalue weighted by Crippen LogP contribution is 2.26. The van der Waals surface area contributed by atoms with Crippen LogP contribution in [0.5, 0.6) is 0 Å². The van der Waals surface area contributed by atoms with Crippen molar-refractivity contribution in [3.63, 3.8) is 0 Å². The van der Waals surface area contributed by atoms with Gasteiger partial charge in [-0.2, -0.15) is 0 Å². The van der Waals surface area contributed by atoms with Crippen molar-refractivity contribution in [1.29, 1.82) is 0 Å². The highest BCUT2D eigenvalue weighted by Gasteiger charge is 2.11. The van der Waals surface area contributed by atoms with Gasteiger partial charge in [-0.1, -0.05) is 70.3 Å². The van der Waals surface area contributed by atoms with Gasteiger partial charge in [0.1, 0.15) is 0 Å². The van der Waals surface area contributed by atoms with Crippen LogP contribution in [-0.4, -0.2) is 0 Å². The second kappa shape index (κ2) is 8.55. The third-order valence-corrected chi connectivity index (χ3v) is 3.97. The summed E-state index contributed by atoms with van der Waals surface area (Å²) >= 11 is 0. The minimum Gasteiger partial charge on any atom is -0.0813 e. The van der Waals surface area contributed by atoms with Crippen LogP contribution in [0.1, 0.15) is 72.1 Å². The lowest BCUT2D eigenvalue weighted by Gasteiger charge is -2.15. The third kappa shape index (κ3) is 5.57. The molecule has 0 N–H and O–H groups in total. The Bertz CT molecular complexity index is 241. The minimum atomic E-state index is 0.819. The van der Waals surface area contributed by atoms with E-state index in [0.717, 1.165) is 11.8 Å². The fraction of sp³-hybridized carbons (Fsp3) is 0.765. The van der Waals surface area contributed by atoms with Crippen molar-refractivity contribution in [3.05, 3.63) is 23.8 Å². The molecule has 1 aliphatic carbocycles. The lowest BCUT2D eigenvalue weighted by molar-refractivity contribution is 0.439. The highest BCUT2D eigenvalue weighted by molar-refractivity contribution is 5.21. The molecule has 0 bridgehead atoms. The molecule has 0 aliphatic heterocycles. The summed E-state index contributed by atoms with van der Waals surface area (Å²) in [7, 11) is 0. The van der Waals surface area contributed by atoms with Crippen LogP contribution in [0.3, 0.4) is 0 Å². The highest BCUT2D eigenvalue weighted by atomic mass is 14.2. The van der Waals surface area contributed by atoms with Crippen molar-refractivity contribution in [2.45, 2.75) is 72.1 Å². The van der Waals surface area contributed by atoms with E-state index in [9.17, 15) is 0 Å². The van der Waals surface area contributed by atoms with Gasteiger partial charge in [-0.25, -0.2) is 0 Å². The Balaban J connectivity index is 2.50. The van der Waals surface area contributed by atoms with Crippen molar-refractivity contribution < 1.29 is 0 Å². The average Bonchev–Trinajstić information content (AvgIpc) is 2.55. The summed E-state index contributed by atoms with van der Waals surface area (Å²) in [6.07, 6.45) is 18.1. The molecule has 98 valence electrons. The average molecular weight is 234 g/mol. The molecule has 0 heterocycles. The lowest BCUT2D eigenvalue weighted by Crippen LogP contribution is -2.00. The molecule has 1 aliphatic rings. The Kier molecular flexibility index (Phi) is 7.32. The molecule has 0 aromatic rings. The summed E-state index contributed by atoms with van der Waals surface area (Å²) in [6.45, 7) is 6.93. The van der Waals surface area contributed by atoms with E-state index in [1.165, 1.54) is 51.4 Å². The molecule has 0 aromatic heterocycles. The first-order chi connectivity index (χ1) is 8.30. The maximum atomic E-state index is 2.49. The van der Waals surface area contributed by atoms with Crippen molar-refractivity contribution >= 4 is 0 Å². The zero-order chi connectivity index (χ0) is 12.5. The predicted octanol–water partition coefficient (Wildman–Crippen LogP) is 5.90. The fourth-order valence-corrected chi connectivity index (χ4v) is 2.90. The third-order valence-electron chi connectivity index (χ3n) is 3.97. The van der Waals surface area contributed by atoms with Gasteiger partial charge in [0.25, 0.3) is 0 Å². The van der Waals surface area contributed by atoms with Crippen LogP contribution in [0, 0.1) is 11.8 Å². The van der Waals surface area contributed by atoms with E-state index in [1.54, 1.807) is 5.57 Å². The molecule has 0 amide bonds. The Morgan fingerprint density at radius 1 is 1.18 bits per heavy atom. The predicted molar refractivity (Wildman–Crippen MR) is 78.2 cm³/mol. The molecule has 1 rings (SSSR count). The fourth-order valence-electron chi connectivity index (χ4n) is 2.90. The van der Waals surface area contributed by atoms with Gasteiger partial charge < -0.3 is 0 Å². The Hall–Kier alpha value is -0.520. The van der Waals surface area contributed by atoms with Gasteiger partial charge in [-0.3, -0.25) is 0 Å².